The molecule has 8 heteroatoms. The number of ether oxygens (including phenoxy) is 2. The smallest absolute Gasteiger partial charge is 0.247 e. The predicted octanol–water partition coefficient (Wildman–Crippen LogP) is -0.684. The van der Waals surface area contributed by atoms with E-state index in [4.69, 9.17) is 9.47 Å². The summed E-state index contributed by atoms with van der Waals surface area (Å²) in [5, 5.41) is 0. The minimum absolute atomic E-state index is 0.0130. The number of methoxy groups -OCH3 is 1. The molecule has 0 amide bonds. The molecule has 0 aliphatic carbocycles. The van der Waals surface area contributed by atoms with Gasteiger partial charge in [0.1, 0.15) is 0 Å². The first-order chi connectivity index (χ1) is 8.56. The van der Waals surface area contributed by atoms with E-state index in [2.05, 4.69) is 9.71 Å². The van der Waals surface area contributed by atoms with Crippen LogP contribution in [0.15, 0.2) is 28.0 Å². The maximum Gasteiger partial charge on any atom is 0.247 e. The zero-order valence-electron chi connectivity index (χ0n) is 10.0. The molecule has 0 radical (unpaired) electrons. The minimum atomic E-state index is -3.60. The molecule has 0 bridgehead atoms. The molecule has 1 rings (SSSR count). The average Bonchev–Trinajstić information content (AvgIpc) is 2.34. The Morgan fingerprint density at radius 1 is 1.28 bits per heavy atom. The first-order valence-electron chi connectivity index (χ1n) is 5.31. The summed E-state index contributed by atoms with van der Waals surface area (Å²) in [7, 11) is -2.04. The van der Waals surface area contributed by atoms with Crippen LogP contribution in [-0.4, -0.2) is 46.9 Å². The molecule has 0 saturated heterocycles. The quantitative estimate of drug-likeness (QED) is 0.613. The van der Waals surface area contributed by atoms with Gasteiger partial charge in [0, 0.05) is 25.9 Å². The van der Waals surface area contributed by atoms with E-state index < -0.39 is 10.0 Å². The van der Waals surface area contributed by atoms with Gasteiger partial charge in [-0.2, -0.15) is 0 Å². The molecular weight excluding hydrogens is 260 g/mol. The number of sulfonamides is 1. The predicted molar refractivity (Wildman–Crippen MR) is 64.9 cm³/mol. The molecule has 1 aromatic rings. The second-order valence-electron chi connectivity index (χ2n) is 3.39. The van der Waals surface area contributed by atoms with Crippen LogP contribution in [0.2, 0.25) is 0 Å². The number of hydrogen-bond donors (Lipinski definition) is 2. The van der Waals surface area contributed by atoms with Crippen LogP contribution in [0.4, 0.5) is 0 Å². The van der Waals surface area contributed by atoms with Crippen molar-refractivity contribution in [2.24, 2.45) is 0 Å². The van der Waals surface area contributed by atoms with Crippen LogP contribution in [-0.2, 0) is 19.5 Å². The Morgan fingerprint density at radius 2 is 2.06 bits per heavy atom. The molecule has 2 N–H and O–H groups in total. The molecule has 102 valence electrons. The Morgan fingerprint density at radius 3 is 2.67 bits per heavy atom. The largest absolute Gasteiger partial charge is 0.382 e. The fraction of sp³-hybridized carbons (Fsp3) is 0.500. The molecule has 0 unspecified atom stereocenters. The lowest BCUT2D eigenvalue weighted by atomic mass is 10.5. The third kappa shape index (κ3) is 4.96. The third-order valence-corrected chi connectivity index (χ3v) is 3.49. The molecule has 1 aromatic heterocycles. The van der Waals surface area contributed by atoms with Crippen molar-refractivity contribution in [1.29, 1.82) is 0 Å². The fourth-order valence-corrected chi connectivity index (χ4v) is 2.12. The first-order valence-corrected chi connectivity index (χ1v) is 6.79. The zero-order valence-corrected chi connectivity index (χ0v) is 10.8. The Labute approximate surface area is 105 Å². The number of nitrogens with one attached hydrogen (secondary N) is 2. The highest BCUT2D eigenvalue weighted by Crippen LogP contribution is 2.02. The summed E-state index contributed by atoms with van der Waals surface area (Å²) in [5.41, 5.74) is -0.350. The van der Waals surface area contributed by atoms with E-state index in [1.54, 1.807) is 7.11 Å². The second kappa shape index (κ2) is 7.27. The maximum atomic E-state index is 11.7. The highest BCUT2D eigenvalue weighted by Gasteiger charge is 2.12. The van der Waals surface area contributed by atoms with Crippen molar-refractivity contribution in [3.8, 4) is 0 Å². The second-order valence-corrected chi connectivity index (χ2v) is 5.16. The molecule has 0 atom stereocenters. The molecule has 0 saturated carbocycles. The number of aromatic amines is 1. The van der Waals surface area contributed by atoms with Gasteiger partial charge in [0.2, 0.25) is 15.6 Å². The Balaban J connectivity index is 2.41. The van der Waals surface area contributed by atoms with Crippen LogP contribution in [0.3, 0.4) is 0 Å². The first kappa shape index (κ1) is 14.8. The van der Waals surface area contributed by atoms with Gasteiger partial charge in [-0.05, 0) is 6.07 Å². The van der Waals surface area contributed by atoms with Gasteiger partial charge < -0.3 is 14.5 Å². The van der Waals surface area contributed by atoms with E-state index in [-0.39, 0.29) is 23.6 Å². The van der Waals surface area contributed by atoms with Gasteiger partial charge >= 0.3 is 0 Å². The summed E-state index contributed by atoms with van der Waals surface area (Å²) in [6.45, 7) is 1.29. The number of aromatic nitrogens is 1. The van der Waals surface area contributed by atoms with Crippen molar-refractivity contribution in [3.05, 3.63) is 28.7 Å². The van der Waals surface area contributed by atoms with Gasteiger partial charge in [0.25, 0.3) is 0 Å². The number of H-pyrrole nitrogens is 1. The maximum absolute atomic E-state index is 11.7. The van der Waals surface area contributed by atoms with E-state index in [9.17, 15) is 13.2 Å². The van der Waals surface area contributed by atoms with E-state index in [1.165, 1.54) is 6.07 Å². The standard InChI is InChI=1S/C10H16N2O5S/c1-16-6-7-17-5-4-12-18(14,15)9-2-3-10(13)11-8-9/h2-3,8,12H,4-7H2,1H3,(H,11,13). The van der Waals surface area contributed by atoms with Gasteiger partial charge in [0.05, 0.1) is 24.7 Å². The third-order valence-electron chi connectivity index (χ3n) is 2.04. The van der Waals surface area contributed by atoms with Crippen LogP contribution < -0.4 is 10.3 Å². The van der Waals surface area contributed by atoms with Gasteiger partial charge in [-0.15, -0.1) is 0 Å². The topological polar surface area (TPSA) is 97.5 Å². The number of pyridine rings is 1. The number of hydrogen-bond acceptors (Lipinski definition) is 5. The summed E-state index contributed by atoms with van der Waals surface area (Å²) in [5.74, 6) is 0. The molecule has 0 spiro atoms. The van der Waals surface area contributed by atoms with E-state index >= 15 is 0 Å². The molecule has 7 nitrogen and oxygen atoms in total. The van der Waals surface area contributed by atoms with Crippen molar-refractivity contribution in [2.45, 2.75) is 4.90 Å². The molecule has 1 heterocycles. The van der Waals surface area contributed by atoms with Crippen LogP contribution in [0, 0.1) is 0 Å². The van der Waals surface area contributed by atoms with Crippen molar-refractivity contribution < 1.29 is 17.9 Å². The lowest BCUT2D eigenvalue weighted by Gasteiger charge is -2.06. The number of rotatable bonds is 8. The summed E-state index contributed by atoms with van der Waals surface area (Å²) < 4.78 is 35.7. The summed E-state index contributed by atoms with van der Waals surface area (Å²) in [6, 6.07) is 2.40. The van der Waals surface area contributed by atoms with Crippen LogP contribution >= 0.6 is 0 Å². The van der Waals surface area contributed by atoms with E-state index in [0.29, 0.717) is 13.2 Å². The lowest BCUT2D eigenvalue weighted by molar-refractivity contribution is 0.0736. The molecule has 0 aromatic carbocycles. The molecule has 0 aliphatic heterocycles. The molecule has 18 heavy (non-hydrogen) atoms. The normalized spacial score (nSPS) is 11.6. The zero-order chi connectivity index (χ0) is 13.4. The van der Waals surface area contributed by atoms with Crippen LogP contribution in [0.5, 0.6) is 0 Å². The molecular formula is C10H16N2O5S. The highest BCUT2D eigenvalue weighted by molar-refractivity contribution is 7.89. The molecule has 0 aliphatic rings. The Bertz CT molecular complexity index is 491. The average molecular weight is 276 g/mol. The van der Waals surface area contributed by atoms with E-state index in [0.717, 1.165) is 12.3 Å². The Hall–Kier alpha value is -1.22. The van der Waals surface area contributed by atoms with Gasteiger partial charge in [-0.1, -0.05) is 0 Å². The highest BCUT2D eigenvalue weighted by atomic mass is 32.2. The van der Waals surface area contributed by atoms with E-state index in [1.807, 2.05) is 0 Å². The summed E-state index contributed by atoms with van der Waals surface area (Å²) >= 11 is 0. The van der Waals surface area contributed by atoms with Crippen molar-refractivity contribution in [3.63, 3.8) is 0 Å². The van der Waals surface area contributed by atoms with Crippen molar-refractivity contribution in [2.75, 3.05) is 33.5 Å². The van der Waals surface area contributed by atoms with Gasteiger partial charge in [-0.25, -0.2) is 13.1 Å². The minimum Gasteiger partial charge on any atom is -0.382 e. The van der Waals surface area contributed by atoms with Crippen LogP contribution in [0.1, 0.15) is 0 Å². The van der Waals surface area contributed by atoms with Crippen molar-refractivity contribution in [1.82, 2.24) is 9.71 Å². The van der Waals surface area contributed by atoms with Gasteiger partial charge in [0.15, 0.2) is 0 Å². The van der Waals surface area contributed by atoms with Crippen molar-refractivity contribution >= 4 is 10.0 Å². The monoisotopic (exact) mass is 276 g/mol. The molecule has 0 fully saturated rings. The Kier molecular flexibility index (Phi) is 5.99. The SMILES string of the molecule is COCCOCCNS(=O)(=O)c1ccc(=O)[nH]c1. The van der Waals surface area contributed by atoms with Crippen LogP contribution in [0.25, 0.3) is 0 Å². The summed E-state index contributed by atoms with van der Waals surface area (Å²) in [4.78, 5) is 13.1. The van der Waals surface area contributed by atoms with Gasteiger partial charge in [-0.3, -0.25) is 4.79 Å². The lowest BCUT2D eigenvalue weighted by Crippen LogP contribution is -2.28. The summed E-state index contributed by atoms with van der Waals surface area (Å²) in [6.07, 6.45) is 1.15. The fourth-order valence-electron chi connectivity index (χ4n) is 1.14.